The van der Waals surface area contributed by atoms with E-state index in [1.807, 2.05) is 0 Å². The standard InChI is InChI=1S/C8H17NO/c1-7(2)6-10-8(3,4)9(7)5/h6H2,1-5H3. The van der Waals surface area contributed by atoms with Crippen LogP contribution >= 0.6 is 0 Å². The molecule has 10 heavy (non-hydrogen) atoms. The van der Waals surface area contributed by atoms with Crippen molar-refractivity contribution < 1.29 is 4.74 Å². The van der Waals surface area contributed by atoms with Crippen LogP contribution in [0, 0.1) is 0 Å². The second-order valence-corrected chi connectivity index (χ2v) is 4.11. The summed E-state index contributed by atoms with van der Waals surface area (Å²) in [6, 6.07) is 0. The van der Waals surface area contributed by atoms with Crippen LogP contribution in [0.25, 0.3) is 0 Å². The van der Waals surface area contributed by atoms with Gasteiger partial charge in [-0.15, -0.1) is 0 Å². The third-order valence-electron chi connectivity index (χ3n) is 2.49. The molecule has 1 aliphatic rings. The fourth-order valence-corrected chi connectivity index (χ4v) is 1.28. The third kappa shape index (κ3) is 1.06. The monoisotopic (exact) mass is 143 g/mol. The summed E-state index contributed by atoms with van der Waals surface area (Å²) in [5.41, 5.74) is 0.118. The Balaban J connectivity index is 2.77. The van der Waals surface area contributed by atoms with Crippen LogP contribution in [-0.2, 0) is 4.74 Å². The zero-order valence-corrected chi connectivity index (χ0v) is 7.56. The molecule has 0 N–H and O–H groups in total. The predicted molar refractivity (Wildman–Crippen MR) is 41.9 cm³/mol. The Morgan fingerprint density at radius 3 is 1.80 bits per heavy atom. The van der Waals surface area contributed by atoms with Gasteiger partial charge in [-0.2, -0.15) is 0 Å². The van der Waals surface area contributed by atoms with E-state index in [1.165, 1.54) is 0 Å². The van der Waals surface area contributed by atoms with E-state index in [1.54, 1.807) is 0 Å². The molecular formula is C8H17NO. The van der Waals surface area contributed by atoms with Gasteiger partial charge in [0, 0.05) is 5.54 Å². The number of hydrogen-bond donors (Lipinski definition) is 0. The van der Waals surface area contributed by atoms with E-state index in [2.05, 4.69) is 39.6 Å². The zero-order chi connectivity index (χ0) is 7.99. The van der Waals surface area contributed by atoms with Crippen molar-refractivity contribution >= 4 is 0 Å². The first-order valence-corrected chi connectivity index (χ1v) is 3.74. The summed E-state index contributed by atoms with van der Waals surface area (Å²) >= 11 is 0. The Morgan fingerprint density at radius 2 is 1.70 bits per heavy atom. The van der Waals surface area contributed by atoms with E-state index in [0.29, 0.717) is 0 Å². The van der Waals surface area contributed by atoms with Crippen LogP contribution in [-0.4, -0.2) is 29.8 Å². The molecule has 1 rings (SSSR count). The molecule has 2 nitrogen and oxygen atoms in total. The van der Waals surface area contributed by atoms with Crippen LogP contribution in [0.15, 0.2) is 0 Å². The van der Waals surface area contributed by atoms with Crippen molar-refractivity contribution in [2.45, 2.75) is 39.0 Å². The van der Waals surface area contributed by atoms with Crippen LogP contribution < -0.4 is 0 Å². The number of rotatable bonds is 0. The molecule has 0 aromatic carbocycles. The molecule has 0 radical (unpaired) electrons. The molecule has 0 bridgehead atoms. The molecule has 60 valence electrons. The molecular weight excluding hydrogens is 126 g/mol. The van der Waals surface area contributed by atoms with Crippen molar-refractivity contribution in [2.75, 3.05) is 13.7 Å². The predicted octanol–water partition coefficient (Wildman–Crippen LogP) is 1.46. The first-order chi connectivity index (χ1) is 4.36. The summed E-state index contributed by atoms with van der Waals surface area (Å²) in [5, 5.41) is 0. The molecule has 0 atom stereocenters. The van der Waals surface area contributed by atoms with Crippen LogP contribution in [0.4, 0.5) is 0 Å². The van der Waals surface area contributed by atoms with E-state index in [0.717, 1.165) is 6.61 Å². The van der Waals surface area contributed by atoms with Gasteiger partial charge in [0.1, 0.15) is 5.72 Å². The van der Waals surface area contributed by atoms with Gasteiger partial charge in [0.25, 0.3) is 0 Å². The van der Waals surface area contributed by atoms with E-state index < -0.39 is 0 Å². The molecule has 0 amide bonds. The third-order valence-corrected chi connectivity index (χ3v) is 2.49. The Morgan fingerprint density at radius 1 is 1.20 bits per heavy atom. The summed E-state index contributed by atoms with van der Waals surface area (Å²) in [5.74, 6) is 0. The highest BCUT2D eigenvalue weighted by Crippen LogP contribution is 2.31. The van der Waals surface area contributed by atoms with Gasteiger partial charge in [0.2, 0.25) is 0 Å². The van der Waals surface area contributed by atoms with E-state index in [9.17, 15) is 0 Å². The number of hydrogen-bond acceptors (Lipinski definition) is 2. The smallest absolute Gasteiger partial charge is 0.116 e. The molecule has 0 aromatic heterocycles. The van der Waals surface area contributed by atoms with Gasteiger partial charge in [0.05, 0.1) is 6.61 Å². The highest BCUT2D eigenvalue weighted by molar-refractivity contribution is 4.91. The van der Waals surface area contributed by atoms with E-state index in [4.69, 9.17) is 4.74 Å². The van der Waals surface area contributed by atoms with Gasteiger partial charge < -0.3 is 4.74 Å². The van der Waals surface area contributed by atoms with Crippen molar-refractivity contribution in [1.29, 1.82) is 0 Å². The molecule has 0 aromatic rings. The lowest BCUT2D eigenvalue weighted by Crippen LogP contribution is -2.46. The number of likely N-dealkylation sites (N-methyl/N-ethyl adjacent to an activating group) is 1. The number of nitrogens with zero attached hydrogens (tertiary/aromatic N) is 1. The van der Waals surface area contributed by atoms with E-state index in [-0.39, 0.29) is 11.3 Å². The van der Waals surface area contributed by atoms with Gasteiger partial charge >= 0.3 is 0 Å². The molecule has 1 fully saturated rings. The first kappa shape index (κ1) is 8.02. The Labute approximate surface area is 63.2 Å². The minimum absolute atomic E-state index is 0.0799. The summed E-state index contributed by atoms with van der Waals surface area (Å²) in [6.07, 6.45) is 0. The lowest BCUT2D eigenvalue weighted by molar-refractivity contribution is -0.0448. The zero-order valence-electron chi connectivity index (χ0n) is 7.56. The Bertz CT molecular complexity index is 124. The average molecular weight is 143 g/mol. The van der Waals surface area contributed by atoms with Crippen molar-refractivity contribution in [3.05, 3.63) is 0 Å². The van der Waals surface area contributed by atoms with Gasteiger partial charge in [-0.05, 0) is 34.7 Å². The van der Waals surface area contributed by atoms with Gasteiger partial charge in [-0.25, -0.2) is 0 Å². The summed E-state index contributed by atoms with van der Waals surface area (Å²) in [4.78, 5) is 2.26. The van der Waals surface area contributed by atoms with Crippen LogP contribution in [0.2, 0.25) is 0 Å². The lowest BCUT2D eigenvalue weighted by atomic mass is 10.1. The topological polar surface area (TPSA) is 12.5 Å². The minimum atomic E-state index is -0.0799. The van der Waals surface area contributed by atoms with Crippen LogP contribution in [0.3, 0.4) is 0 Å². The molecule has 0 aliphatic carbocycles. The quantitative estimate of drug-likeness (QED) is 0.509. The minimum Gasteiger partial charge on any atom is -0.359 e. The fraction of sp³-hybridized carbons (Fsp3) is 1.00. The summed E-state index contributed by atoms with van der Waals surface area (Å²) in [6.45, 7) is 9.42. The molecule has 1 aliphatic heterocycles. The van der Waals surface area contributed by atoms with Crippen molar-refractivity contribution in [1.82, 2.24) is 4.90 Å². The first-order valence-electron chi connectivity index (χ1n) is 3.74. The maximum absolute atomic E-state index is 5.59. The highest BCUT2D eigenvalue weighted by Gasteiger charge is 2.42. The lowest BCUT2D eigenvalue weighted by Gasteiger charge is -2.33. The van der Waals surface area contributed by atoms with Crippen LogP contribution in [0.1, 0.15) is 27.7 Å². The van der Waals surface area contributed by atoms with Crippen molar-refractivity contribution in [2.24, 2.45) is 0 Å². The fourth-order valence-electron chi connectivity index (χ4n) is 1.28. The second kappa shape index (κ2) is 1.95. The normalized spacial score (nSPS) is 30.9. The molecule has 0 saturated carbocycles. The Kier molecular flexibility index (Phi) is 1.57. The largest absolute Gasteiger partial charge is 0.359 e. The van der Waals surface area contributed by atoms with Gasteiger partial charge in [-0.3, -0.25) is 4.90 Å². The van der Waals surface area contributed by atoms with Crippen LogP contribution in [0.5, 0.6) is 0 Å². The van der Waals surface area contributed by atoms with Crippen molar-refractivity contribution in [3.8, 4) is 0 Å². The maximum atomic E-state index is 5.59. The average Bonchev–Trinajstić information content (AvgIpc) is 1.95. The molecule has 1 heterocycles. The SMILES string of the molecule is CN1C(C)(C)COC1(C)C. The summed E-state index contributed by atoms with van der Waals surface area (Å²) < 4.78 is 5.59. The maximum Gasteiger partial charge on any atom is 0.116 e. The second-order valence-electron chi connectivity index (χ2n) is 4.11. The molecule has 0 spiro atoms. The van der Waals surface area contributed by atoms with Gasteiger partial charge in [-0.1, -0.05) is 0 Å². The highest BCUT2D eigenvalue weighted by atomic mass is 16.5. The summed E-state index contributed by atoms with van der Waals surface area (Å²) in [7, 11) is 2.10. The molecule has 1 saturated heterocycles. The number of ether oxygens (including phenoxy) is 1. The molecule has 0 unspecified atom stereocenters. The Hall–Kier alpha value is -0.0800. The molecule has 2 heteroatoms. The van der Waals surface area contributed by atoms with E-state index >= 15 is 0 Å². The van der Waals surface area contributed by atoms with Gasteiger partial charge in [0.15, 0.2) is 0 Å². The van der Waals surface area contributed by atoms with Crippen molar-refractivity contribution in [3.63, 3.8) is 0 Å².